The molecule has 2 unspecified atom stereocenters. The maximum Gasteiger partial charge on any atom is 0.125 e. The monoisotopic (exact) mass is 365 g/mol. The number of aryl methyl sites for hydroxylation is 1. The lowest BCUT2D eigenvalue weighted by molar-refractivity contribution is 0.314. The van der Waals surface area contributed by atoms with E-state index in [-0.39, 0.29) is 0 Å². The van der Waals surface area contributed by atoms with Crippen molar-refractivity contribution in [2.75, 3.05) is 6.61 Å². The van der Waals surface area contributed by atoms with Crippen molar-refractivity contribution in [2.24, 2.45) is 0 Å². The van der Waals surface area contributed by atoms with Crippen LogP contribution in [0.4, 0.5) is 0 Å². The summed E-state index contributed by atoms with van der Waals surface area (Å²) in [4.78, 5) is 2.77. The van der Waals surface area contributed by atoms with E-state index in [0.29, 0.717) is 12.1 Å². The highest BCUT2D eigenvalue weighted by molar-refractivity contribution is 9.10. The molecule has 0 saturated carbocycles. The fraction of sp³-hybridized carbons (Fsp3) is 0.412. The van der Waals surface area contributed by atoms with Crippen LogP contribution in [-0.4, -0.2) is 6.61 Å². The van der Waals surface area contributed by atoms with Crippen molar-refractivity contribution in [2.45, 2.75) is 38.8 Å². The van der Waals surface area contributed by atoms with Crippen LogP contribution in [0.15, 0.2) is 34.8 Å². The molecule has 2 aromatic rings. The van der Waals surface area contributed by atoms with Gasteiger partial charge in [0.1, 0.15) is 5.75 Å². The molecule has 1 aliphatic heterocycles. The van der Waals surface area contributed by atoms with Gasteiger partial charge >= 0.3 is 0 Å². The normalized spacial score (nSPS) is 19.5. The molecule has 2 heterocycles. The molecule has 0 bridgehead atoms. The molecule has 0 fully saturated rings. The molecule has 21 heavy (non-hydrogen) atoms. The highest BCUT2D eigenvalue weighted by Crippen LogP contribution is 2.35. The fourth-order valence-corrected chi connectivity index (χ4v) is 4.02. The number of thiophene rings is 1. The molecule has 112 valence electrons. The van der Waals surface area contributed by atoms with E-state index in [0.717, 1.165) is 29.7 Å². The van der Waals surface area contributed by atoms with E-state index in [1.165, 1.54) is 15.3 Å². The number of halogens is 1. The number of hydrogen-bond donors (Lipinski definition) is 1. The van der Waals surface area contributed by atoms with Crippen LogP contribution in [0, 0.1) is 6.92 Å². The second-order valence-corrected chi connectivity index (χ2v) is 7.80. The molecule has 1 aromatic carbocycles. The molecule has 0 aliphatic carbocycles. The van der Waals surface area contributed by atoms with Gasteiger partial charge in [0.2, 0.25) is 0 Å². The standard InChI is InChI=1S/C17H20BrNOS/c1-11-5-8-17(21-11)12(2)19-15-4-3-9-20-16-10-13(18)6-7-14(15)16/h5-8,10,12,15,19H,3-4,9H2,1-2H3. The first-order valence-electron chi connectivity index (χ1n) is 7.38. The van der Waals surface area contributed by atoms with Gasteiger partial charge in [0, 0.05) is 31.9 Å². The van der Waals surface area contributed by atoms with Gasteiger partial charge in [0.05, 0.1) is 6.61 Å². The zero-order chi connectivity index (χ0) is 14.8. The Hall–Kier alpha value is -0.840. The summed E-state index contributed by atoms with van der Waals surface area (Å²) in [6.45, 7) is 5.21. The van der Waals surface area contributed by atoms with Crippen molar-refractivity contribution in [3.63, 3.8) is 0 Å². The summed E-state index contributed by atoms with van der Waals surface area (Å²) in [5.74, 6) is 1.01. The Morgan fingerprint density at radius 2 is 2.19 bits per heavy atom. The van der Waals surface area contributed by atoms with Gasteiger partial charge in [-0.2, -0.15) is 0 Å². The molecule has 4 heteroatoms. The minimum atomic E-state index is 0.355. The number of hydrogen-bond acceptors (Lipinski definition) is 3. The highest BCUT2D eigenvalue weighted by atomic mass is 79.9. The summed E-state index contributed by atoms with van der Waals surface area (Å²) in [5.41, 5.74) is 1.27. The molecule has 0 amide bonds. The Labute approximate surface area is 138 Å². The lowest BCUT2D eigenvalue weighted by Gasteiger charge is -2.22. The lowest BCUT2D eigenvalue weighted by Crippen LogP contribution is -2.23. The lowest BCUT2D eigenvalue weighted by atomic mass is 10.0. The predicted octanol–water partition coefficient (Wildman–Crippen LogP) is 5.38. The Balaban J connectivity index is 1.82. The Morgan fingerprint density at radius 3 is 2.95 bits per heavy atom. The van der Waals surface area contributed by atoms with Crippen LogP contribution in [0.1, 0.15) is 47.2 Å². The smallest absolute Gasteiger partial charge is 0.125 e. The van der Waals surface area contributed by atoms with Gasteiger partial charge in [-0.15, -0.1) is 11.3 Å². The number of ether oxygens (including phenoxy) is 1. The van der Waals surface area contributed by atoms with Gasteiger partial charge in [-0.3, -0.25) is 0 Å². The topological polar surface area (TPSA) is 21.3 Å². The molecule has 0 radical (unpaired) electrons. The summed E-state index contributed by atoms with van der Waals surface area (Å²) in [6, 6.07) is 11.5. The summed E-state index contributed by atoms with van der Waals surface area (Å²) in [5, 5.41) is 3.78. The molecule has 1 aromatic heterocycles. The van der Waals surface area contributed by atoms with Gasteiger partial charge in [0.25, 0.3) is 0 Å². The average Bonchev–Trinajstić information content (AvgIpc) is 2.79. The summed E-state index contributed by atoms with van der Waals surface area (Å²) in [7, 11) is 0. The van der Waals surface area contributed by atoms with E-state index in [1.807, 2.05) is 11.3 Å². The molecule has 0 saturated heterocycles. The van der Waals surface area contributed by atoms with Gasteiger partial charge in [-0.25, -0.2) is 0 Å². The Bertz CT molecular complexity index is 625. The molecular formula is C17H20BrNOS. The highest BCUT2D eigenvalue weighted by Gasteiger charge is 2.22. The van der Waals surface area contributed by atoms with Crippen molar-refractivity contribution in [3.8, 4) is 5.75 Å². The van der Waals surface area contributed by atoms with Crippen molar-refractivity contribution < 1.29 is 4.74 Å². The van der Waals surface area contributed by atoms with Crippen LogP contribution in [0.25, 0.3) is 0 Å². The zero-order valence-corrected chi connectivity index (χ0v) is 14.8. The molecular weight excluding hydrogens is 346 g/mol. The number of rotatable bonds is 3. The van der Waals surface area contributed by atoms with Crippen LogP contribution in [0.2, 0.25) is 0 Å². The third kappa shape index (κ3) is 3.50. The predicted molar refractivity (Wildman–Crippen MR) is 92.2 cm³/mol. The average molecular weight is 366 g/mol. The maximum atomic E-state index is 5.88. The summed E-state index contributed by atoms with van der Waals surface area (Å²) in [6.07, 6.45) is 2.20. The minimum Gasteiger partial charge on any atom is -0.493 e. The molecule has 3 rings (SSSR count). The van der Waals surface area contributed by atoms with Gasteiger partial charge in [0.15, 0.2) is 0 Å². The van der Waals surface area contributed by atoms with Crippen molar-refractivity contribution in [1.82, 2.24) is 5.32 Å². The first-order chi connectivity index (χ1) is 10.1. The van der Waals surface area contributed by atoms with Crippen LogP contribution in [0.3, 0.4) is 0 Å². The molecule has 1 aliphatic rings. The summed E-state index contributed by atoms with van der Waals surface area (Å²) < 4.78 is 6.96. The van der Waals surface area contributed by atoms with Gasteiger partial charge in [-0.05, 0) is 51.0 Å². The van der Waals surface area contributed by atoms with Crippen LogP contribution < -0.4 is 10.1 Å². The number of nitrogens with one attached hydrogen (secondary N) is 1. The van der Waals surface area contributed by atoms with E-state index < -0.39 is 0 Å². The van der Waals surface area contributed by atoms with Crippen LogP contribution >= 0.6 is 27.3 Å². The zero-order valence-electron chi connectivity index (χ0n) is 12.4. The van der Waals surface area contributed by atoms with Crippen molar-refractivity contribution >= 4 is 27.3 Å². The Morgan fingerprint density at radius 1 is 1.33 bits per heavy atom. The van der Waals surface area contributed by atoms with E-state index in [2.05, 4.69) is 65.4 Å². The van der Waals surface area contributed by atoms with Crippen LogP contribution in [0.5, 0.6) is 5.75 Å². The maximum absolute atomic E-state index is 5.88. The van der Waals surface area contributed by atoms with Gasteiger partial charge < -0.3 is 10.1 Å². The second-order valence-electron chi connectivity index (χ2n) is 5.56. The third-order valence-corrected chi connectivity index (χ3v) is 5.56. The number of benzene rings is 1. The fourth-order valence-electron chi connectivity index (χ4n) is 2.79. The van der Waals surface area contributed by atoms with Crippen molar-refractivity contribution in [3.05, 3.63) is 50.1 Å². The first kappa shape index (κ1) is 15.1. The summed E-state index contributed by atoms with van der Waals surface area (Å²) >= 11 is 5.40. The number of fused-ring (bicyclic) bond motifs is 1. The molecule has 2 atom stereocenters. The van der Waals surface area contributed by atoms with Gasteiger partial charge in [-0.1, -0.05) is 22.0 Å². The Kier molecular flexibility index (Phi) is 4.67. The van der Waals surface area contributed by atoms with Crippen LogP contribution in [-0.2, 0) is 0 Å². The largest absolute Gasteiger partial charge is 0.493 e. The van der Waals surface area contributed by atoms with E-state index >= 15 is 0 Å². The minimum absolute atomic E-state index is 0.355. The van der Waals surface area contributed by atoms with E-state index in [4.69, 9.17) is 4.74 Å². The SMILES string of the molecule is Cc1ccc(C(C)NC2CCCOc3cc(Br)ccc32)s1. The first-order valence-corrected chi connectivity index (χ1v) is 8.99. The quantitative estimate of drug-likeness (QED) is 0.787. The third-order valence-electron chi connectivity index (χ3n) is 3.88. The molecule has 2 nitrogen and oxygen atoms in total. The van der Waals surface area contributed by atoms with Crippen molar-refractivity contribution in [1.29, 1.82) is 0 Å². The second kappa shape index (κ2) is 6.51. The molecule has 0 spiro atoms. The van der Waals surface area contributed by atoms with E-state index in [9.17, 15) is 0 Å². The van der Waals surface area contributed by atoms with E-state index in [1.54, 1.807) is 0 Å². The molecule has 1 N–H and O–H groups in total.